The molecule has 0 fully saturated rings. The van der Waals surface area contributed by atoms with Gasteiger partial charge in [0.15, 0.2) is 6.04 Å². The van der Waals surface area contributed by atoms with Crippen molar-refractivity contribution < 1.29 is 47.8 Å². The van der Waals surface area contributed by atoms with Crippen molar-refractivity contribution in [2.24, 2.45) is 0 Å². The Hall–Kier alpha value is -3.08. The number of carboxylic acids is 1. The Morgan fingerprint density at radius 2 is 0.853 bits per heavy atom. The molecule has 0 radical (unpaired) electrons. The number of esters is 1. The molecule has 0 saturated carbocycles. The number of phosphoric ester groups is 1. The summed E-state index contributed by atoms with van der Waals surface area (Å²) in [6.45, 7) is 2.48. The molecule has 0 spiro atoms. The van der Waals surface area contributed by atoms with Crippen molar-refractivity contribution in [3.63, 3.8) is 0 Å². The number of unbranched alkanes of at least 4 members (excludes halogenated alkanes) is 24. The minimum Gasteiger partial charge on any atom is -0.480 e. The van der Waals surface area contributed by atoms with Crippen LogP contribution in [0.4, 0.5) is 0 Å². The van der Waals surface area contributed by atoms with E-state index in [2.05, 4.69) is 92.1 Å². The zero-order valence-corrected chi connectivity index (χ0v) is 43.8. The lowest BCUT2D eigenvalue weighted by Crippen LogP contribution is -2.43. The topological polar surface area (TPSA) is 169 Å². The highest BCUT2D eigenvalue weighted by Crippen LogP contribution is 2.43. The Balaban J connectivity index is 3.85. The predicted octanol–water partition coefficient (Wildman–Crippen LogP) is 15.2. The highest BCUT2D eigenvalue weighted by Gasteiger charge is 2.28. The van der Waals surface area contributed by atoms with Crippen LogP contribution in [0.2, 0.25) is 0 Å². The molecule has 392 valence electrons. The SMILES string of the molecule is CC/C=C\C/C=C\C/C=C\C/C=C\C/C=C\C/C=C\CCCCC(=O)NC(COP(=O)(O)OCC(O)COC(=O)CCCCCCCCCCCCCCCCCCCCCCCCC)C(=O)O. The van der Waals surface area contributed by atoms with Crippen molar-refractivity contribution in [2.75, 3.05) is 19.8 Å². The number of aliphatic carboxylic acids is 1. The fourth-order valence-electron chi connectivity index (χ4n) is 7.38. The molecule has 11 nitrogen and oxygen atoms in total. The number of allylic oxidation sites excluding steroid dienone is 12. The summed E-state index contributed by atoms with van der Waals surface area (Å²) >= 11 is 0. The second kappa shape index (κ2) is 50.3. The van der Waals surface area contributed by atoms with E-state index in [-0.39, 0.29) is 12.8 Å². The average Bonchev–Trinajstić information content (AvgIpc) is 3.32. The number of ether oxygens (including phenoxy) is 1. The number of phosphoric acid groups is 1. The maximum absolute atomic E-state index is 12.4. The molecule has 3 atom stereocenters. The molecule has 12 heteroatoms. The van der Waals surface area contributed by atoms with Crippen LogP contribution < -0.4 is 5.32 Å². The summed E-state index contributed by atoms with van der Waals surface area (Å²) in [7, 11) is -4.78. The van der Waals surface area contributed by atoms with Crippen LogP contribution in [-0.4, -0.2) is 64.9 Å². The molecule has 0 aromatic rings. The molecule has 68 heavy (non-hydrogen) atoms. The number of aliphatic hydroxyl groups excluding tert-OH is 1. The van der Waals surface area contributed by atoms with E-state index in [9.17, 15) is 34.1 Å². The molecule has 0 rings (SSSR count). The molecule has 0 saturated heterocycles. The van der Waals surface area contributed by atoms with Crippen LogP contribution in [0.5, 0.6) is 0 Å². The summed E-state index contributed by atoms with van der Waals surface area (Å²) in [4.78, 5) is 46.2. The van der Waals surface area contributed by atoms with Gasteiger partial charge >= 0.3 is 19.8 Å². The predicted molar refractivity (Wildman–Crippen MR) is 281 cm³/mol. The van der Waals surface area contributed by atoms with Crippen molar-refractivity contribution in [3.05, 3.63) is 72.9 Å². The minimum absolute atomic E-state index is 0.0875. The number of carbonyl (C=O) groups is 3. The summed E-state index contributed by atoms with van der Waals surface area (Å²) in [5.41, 5.74) is 0. The van der Waals surface area contributed by atoms with Gasteiger partial charge in [-0.2, -0.15) is 0 Å². The van der Waals surface area contributed by atoms with Crippen molar-refractivity contribution in [2.45, 2.75) is 244 Å². The second-order valence-electron chi connectivity index (χ2n) is 18.0. The van der Waals surface area contributed by atoms with Crippen LogP contribution in [-0.2, 0) is 32.7 Å². The van der Waals surface area contributed by atoms with Gasteiger partial charge in [-0.15, -0.1) is 0 Å². The van der Waals surface area contributed by atoms with Gasteiger partial charge in [-0.25, -0.2) is 9.36 Å². The number of hydrogen-bond acceptors (Lipinski definition) is 8. The quantitative estimate of drug-likeness (QED) is 0.0199. The Bertz CT molecular complexity index is 1420. The fourth-order valence-corrected chi connectivity index (χ4v) is 8.15. The molecule has 0 aliphatic rings. The van der Waals surface area contributed by atoms with Gasteiger partial charge in [-0.3, -0.25) is 18.6 Å². The van der Waals surface area contributed by atoms with E-state index in [0.29, 0.717) is 12.8 Å². The lowest BCUT2D eigenvalue weighted by molar-refractivity contribution is -0.147. The molecular formula is C56H98NO10P. The summed E-state index contributed by atoms with van der Waals surface area (Å²) in [5.74, 6) is -2.43. The van der Waals surface area contributed by atoms with Crippen molar-refractivity contribution in [1.29, 1.82) is 0 Å². The number of hydrogen-bond donors (Lipinski definition) is 4. The van der Waals surface area contributed by atoms with Gasteiger partial charge in [-0.05, 0) is 64.2 Å². The van der Waals surface area contributed by atoms with Gasteiger partial charge in [0.1, 0.15) is 12.7 Å². The molecule has 1 amide bonds. The van der Waals surface area contributed by atoms with Crippen molar-refractivity contribution in [3.8, 4) is 0 Å². The number of amides is 1. The fraction of sp³-hybridized carbons (Fsp3) is 0.732. The third kappa shape index (κ3) is 49.3. The highest BCUT2D eigenvalue weighted by molar-refractivity contribution is 7.47. The molecule has 0 aromatic carbocycles. The van der Waals surface area contributed by atoms with E-state index in [1.807, 2.05) is 0 Å². The monoisotopic (exact) mass is 976 g/mol. The second-order valence-corrected chi connectivity index (χ2v) is 19.5. The summed E-state index contributed by atoms with van der Waals surface area (Å²) in [5, 5.41) is 21.9. The normalized spacial score (nSPS) is 14.1. The van der Waals surface area contributed by atoms with Crippen LogP contribution in [0.15, 0.2) is 72.9 Å². The molecule has 3 unspecified atom stereocenters. The molecule has 0 aliphatic heterocycles. The van der Waals surface area contributed by atoms with Crippen LogP contribution in [0.25, 0.3) is 0 Å². The Labute approximate surface area is 414 Å². The minimum atomic E-state index is -4.78. The van der Waals surface area contributed by atoms with Crippen LogP contribution in [0.1, 0.15) is 232 Å². The molecule has 0 bridgehead atoms. The van der Waals surface area contributed by atoms with E-state index in [1.54, 1.807) is 0 Å². The van der Waals surface area contributed by atoms with Gasteiger partial charge < -0.3 is 25.2 Å². The maximum Gasteiger partial charge on any atom is 0.472 e. The third-order valence-electron chi connectivity index (χ3n) is 11.5. The van der Waals surface area contributed by atoms with Gasteiger partial charge in [0.25, 0.3) is 0 Å². The van der Waals surface area contributed by atoms with E-state index in [1.165, 1.54) is 122 Å². The van der Waals surface area contributed by atoms with Gasteiger partial charge in [0, 0.05) is 12.8 Å². The van der Waals surface area contributed by atoms with E-state index >= 15 is 0 Å². The van der Waals surface area contributed by atoms with Crippen LogP contribution in [0.3, 0.4) is 0 Å². The molecule has 4 N–H and O–H groups in total. The zero-order valence-electron chi connectivity index (χ0n) is 42.9. The first-order valence-electron chi connectivity index (χ1n) is 27.0. The highest BCUT2D eigenvalue weighted by atomic mass is 31.2. The average molecular weight is 976 g/mol. The summed E-state index contributed by atoms with van der Waals surface area (Å²) < 4.78 is 27.0. The first kappa shape index (κ1) is 64.9. The van der Waals surface area contributed by atoms with Gasteiger partial charge in [0.05, 0.1) is 13.2 Å². The Morgan fingerprint density at radius 3 is 1.26 bits per heavy atom. The Kier molecular flexibility index (Phi) is 48.0. The molecule has 0 aromatic heterocycles. The molecular weight excluding hydrogens is 878 g/mol. The largest absolute Gasteiger partial charge is 0.480 e. The molecule has 0 heterocycles. The molecule has 0 aliphatic carbocycles. The summed E-state index contributed by atoms with van der Waals surface area (Å²) in [6, 6.07) is -1.57. The number of carboxylic acid groups (broad SMARTS) is 1. The number of rotatable bonds is 50. The smallest absolute Gasteiger partial charge is 0.472 e. The number of nitrogens with one attached hydrogen (secondary N) is 1. The standard InChI is InChI=1S/C56H98NO10P/c1-3-5-7-9-11-13-15-17-19-21-23-25-26-28-30-32-34-36-38-40-42-44-46-48-55(60)65-49-52(58)50-66-68(63,64)67-51-53(56(61)62)57-54(59)47-45-43-41-39-37-35-33-31-29-27-24-22-20-18-16-14-12-10-8-6-4-2/h6,8,12,14,18,20,24,27,31,33,37,39,52-53,58H,3-5,7,9-11,13,15-17,19,21-23,25-26,28-30,32,34-36,38,40-51H2,1-2H3,(H,57,59)(H,61,62)(H,63,64)/b8-6-,14-12-,20-18-,27-24-,33-31-,39-37-. The van der Waals surface area contributed by atoms with Crippen LogP contribution in [0, 0.1) is 0 Å². The Morgan fingerprint density at radius 1 is 0.485 bits per heavy atom. The van der Waals surface area contributed by atoms with Crippen molar-refractivity contribution in [1.82, 2.24) is 5.32 Å². The van der Waals surface area contributed by atoms with Gasteiger partial charge in [0.2, 0.25) is 5.91 Å². The van der Waals surface area contributed by atoms with E-state index in [4.69, 9.17) is 13.8 Å². The zero-order chi connectivity index (χ0) is 49.9. The van der Waals surface area contributed by atoms with Crippen LogP contribution >= 0.6 is 7.82 Å². The van der Waals surface area contributed by atoms with Gasteiger partial charge in [-0.1, -0.05) is 228 Å². The van der Waals surface area contributed by atoms with E-state index in [0.717, 1.165) is 70.6 Å². The summed E-state index contributed by atoms with van der Waals surface area (Å²) in [6.07, 6.45) is 62.2. The number of aliphatic hydroxyl groups is 1. The lowest BCUT2D eigenvalue weighted by Gasteiger charge is -2.18. The maximum atomic E-state index is 12.4. The van der Waals surface area contributed by atoms with E-state index < -0.39 is 57.6 Å². The third-order valence-corrected chi connectivity index (χ3v) is 12.5. The van der Waals surface area contributed by atoms with Crippen molar-refractivity contribution >= 4 is 25.7 Å². The first-order valence-corrected chi connectivity index (χ1v) is 28.5. The first-order chi connectivity index (χ1) is 33.1. The lowest BCUT2D eigenvalue weighted by atomic mass is 10.0. The number of carbonyl (C=O) groups excluding carboxylic acids is 2.